The van der Waals surface area contributed by atoms with Crippen LogP contribution in [0, 0.1) is 12.8 Å². The van der Waals surface area contributed by atoms with Crippen molar-refractivity contribution in [3.8, 4) is 0 Å². The first kappa shape index (κ1) is 19.7. The minimum Gasteiger partial charge on any atom is -0.316 e. The number of halogens is 3. The maximum absolute atomic E-state index is 13.0. The number of fused-ring (bicyclic) bond motifs is 1. The molecular weight excluding hydrogens is 365 g/mol. The van der Waals surface area contributed by atoms with E-state index in [1.54, 1.807) is 0 Å². The lowest BCUT2D eigenvalue weighted by molar-refractivity contribution is -0.182. The first-order chi connectivity index (χ1) is 13.4. The largest absolute Gasteiger partial charge is 0.391 e. The highest BCUT2D eigenvalue weighted by Crippen LogP contribution is 2.43. The Bertz CT molecular complexity index is 828. The molecule has 0 unspecified atom stereocenters. The highest BCUT2D eigenvalue weighted by Gasteiger charge is 2.42. The van der Waals surface area contributed by atoms with Crippen LogP contribution in [-0.2, 0) is 6.42 Å². The predicted molar refractivity (Wildman–Crippen MR) is 103 cm³/mol. The maximum atomic E-state index is 13.0. The zero-order valence-electron chi connectivity index (χ0n) is 16.6. The summed E-state index contributed by atoms with van der Waals surface area (Å²) in [5.41, 5.74) is 5.29. The standard InChI is InChI=1S/C21H29F3N4/c1-3-17-13(2)26-19-11-18(14-6-8-16(9-7-14)21(22,23)24)27-28(19)20(17)15-5-4-10-25-12-15/h11,14-16,25H,3-10,12H2,1-2H3/t14?,15-,16?/m0/s1. The Kier molecular flexibility index (Phi) is 5.38. The average molecular weight is 394 g/mol. The molecule has 2 aromatic heterocycles. The molecule has 1 aliphatic heterocycles. The Hall–Kier alpha value is -1.63. The van der Waals surface area contributed by atoms with E-state index in [9.17, 15) is 13.2 Å². The van der Waals surface area contributed by atoms with Crippen LogP contribution in [0.25, 0.3) is 5.65 Å². The van der Waals surface area contributed by atoms with Crippen molar-refractivity contribution in [2.24, 2.45) is 5.92 Å². The minimum atomic E-state index is -4.07. The normalized spacial score (nSPS) is 26.7. The van der Waals surface area contributed by atoms with E-state index in [2.05, 4.69) is 19.2 Å². The summed E-state index contributed by atoms with van der Waals surface area (Å²) in [4.78, 5) is 4.77. The van der Waals surface area contributed by atoms with Crippen molar-refractivity contribution in [2.45, 2.75) is 76.8 Å². The molecule has 0 aromatic carbocycles. The van der Waals surface area contributed by atoms with Crippen LogP contribution in [0.5, 0.6) is 0 Å². The molecule has 4 rings (SSSR count). The summed E-state index contributed by atoms with van der Waals surface area (Å²) in [6.07, 6.45) is 0.618. The lowest BCUT2D eigenvalue weighted by Gasteiger charge is -2.29. The summed E-state index contributed by atoms with van der Waals surface area (Å²) in [7, 11) is 0. The summed E-state index contributed by atoms with van der Waals surface area (Å²) >= 11 is 0. The first-order valence-corrected chi connectivity index (χ1v) is 10.5. The Morgan fingerprint density at radius 1 is 1.14 bits per heavy atom. The molecule has 2 aliphatic rings. The van der Waals surface area contributed by atoms with E-state index in [4.69, 9.17) is 10.1 Å². The highest BCUT2D eigenvalue weighted by molar-refractivity contribution is 5.46. The van der Waals surface area contributed by atoms with E-state index in [-0.39, 0.29) is 18.8 Å². The van der Waals surface area contributed by atoms with Crippen molar-refractivity contribution < 1.29 is 13.2 Å². The Labute approximate surface area is 163 Å². The topological polar surface area (TPSA) is 42.2 Å². The van der Waals surface area contributed by atoms with Gasteiger partial charge in [-0.25, -0.2) is 9.50 Å². The van der Waals surface area contributed by atoms with Crippen LogP contribution in [0.2, 0.25) is 0 Å². The number of hydrogen-bond acceptors (Lipinski definition) is 3. The van der Waals surface area contributed by atoms with Gasteiger partial charge in [-0.1, -0.05) is 6.92 Å². The molecule has 154 valence electrons. The Morgan fingerprint density at radius 3 is 2.50 bits per heavy atom. The van der Waals surface area contributed by atoms with Gasteiger partial charge >= 0.3 is 6.18 Å². The SMILES string of the molecule is CCc1c(C)nc2cc(C3CCC(C(F)(F)F)CC3)nn2c1[C@H]1CCCNC1. The third kappa shape index (κ3) is 3.65. The number of hydrogen-bond donors (Lipinski definition) is 1. The van der Waals surface area contributed by atoms with Crippen molar-refractivity contribution in [1.82, 2.24) is 19.9 Å². The molecule has 0 spiro atoms. The molecular formula is C21H29F3N4. The van der Waals surface area contributed by atoms with Gasteiger partial charge in [-0.3, -0.25) is 0 Å². The van der Waals surface area contributed by atoms with Gasteiger partial charge in [0, 0.05) is 30.1 Å². The molecule has 1 saturated carbocycles. The van der Waals surface area contributed by atoms with Crippen LogP contribution in [0.4, 0.5) is 13.2 Å². The van der Waals surface area contributed by atoms with Gasteiger partial charge in [0.15, 0.2) is 5.65 Å². The van der Waals surface area contributed by atoms with Crippen LogP contribution in [0.15, 0.2) is 6.07 Å². The molecule has 1 atom stereocenters. The van der Waals surface area contributed by atoms with Gasteiger partial charge in [0.25, 0.3) is 0 Å². The number of nitrogens with one attached hydrogen (secondary N) is 1. The molecule has 7 heteroatoms. The van der Waals surface area contributed by atoms with Crippen molar-refractivity contribution in [3.05, 3.63) is 28.7 Å². The number of piperidine rings is 1. The van der Waals surface area contributed by atoms with E-state index in [0.717, 1.165) is 49.4 Å². The third-order valence-corrected chi connectivity index (χ3v) is 6.61. The minimum absolute atomic E-state index is 0.100. The van der Waals surface area contributed by atoms with Gasteiger partial charge in [-0.2, -0.15) is 18.3 Å². The molecule has 0 bridgehead atoms. The van der Waals surface area contributed by atoms with E-state index >= 15 is 0 Å². The zero-order valence-corrected chi connectivity index (χ0v) is 16.6. The molecule has 0 radical (unpaired) electrons. The number of aromatic nitrogens is 3. The van der Waals surface area contributed by atoms with Gasteiger partial charge in [-0.15, -0.1) is 0 Å². The molecule has 1 aliphatic carbocycles. The van der Waals surface area contributed by atoms with Crippen LogP contribution in [-0.4, -0.2) is 33.9 Å². The summed E-state index contributed by atoms with van der Waals surface area (Å²) in [6, 6.07) is 2.00. The van der Waals surface area contributed by atoms with Crippen molar-refractivity contribution in [3.63, 3.8) is 0 Å². The maximum Gasteiger partial charge on any atom is 0.391 e. The molecule has 28 heavy (non-hydrogen) atoms. The second kappa shape index (κ2) is 7.65. The van der Waals surface area contributed by atoms with Gasteiger partial charge in [0.2, 0.25) is 0 Å². The summed E-state index contributed by atoms with van der Waals surface area (Å²) in [5, 5.41) is 8.38. The smallest absolute Gasteiger partial charge is 0.316 e. The number of nitrogens with zero attached hydrogens (tertiary/aromatic N) is 3. The Morgan fingerprint density at radius 2 is 1.89 bits per heavy atom. The lowest BCUT2D eigenvalue weighted by atomic mass is 9.80. The lowest BCUT2D eigenvalue weighted by Crippen LogP contribution is -2.30. The number of alkyl halides is 3. The van der Waals surface area contributed by atoms with Crippen molar-refractivity contribution in [1.29, 1.82) is 0 Å². The van der Waals surface area contributed by atoms with Crippen LogP contribution in [0.3, 0.4) is 0 Å². The van der Waals surface area contributed by atoms with E-state index in [1.807, 2.05) is 10.6 Å². The van der Waals surface area contributed by atoms with E-state index < -0.39 is 12.1 Å². The van der Waals surface area contributed by atoms with Crippen LogP contribution in [0.1, 0.15) is 79.9 Å². The number of aryl methyl sites for hydroxylation is 1. The van der Waals surface area contributed by atoms with Gasteiger partial charge in [-0.05, 0) is 64.0 Å². The van der Waals surface area contributed by atoms with Crippen LogP contribution < -0.4 is 5.32 Å². The summed E-state index contributed by atoms with van der Waals surface area (Å²) < 4.78 is 41.0. The van der Waals surface area contributed by atoms with Gasteiger partial charge < -0.3 is 5.32 Å². The average Bonchev–Trinajstić information content (AvgIpc) is 3.10. The fourth-order valence-corrected chi connectivity index (χ4v) is 5.06. The highest BCUT2D eigenvalue weighted by atomic mass is 19.4. The van der Waals surface area contributed by atoms with E-state index in [0.29, 0.717) is 18.8 Å². The molecule has 1 saturated heterocycles. The van der Waals surface area contributed by atoms with Crippen molar-refractivity contribution in [2.75, 3.05) is 13.1 Å². The van der Waals surface area contributed by atoms with Gasteiger partial charge in [0.1, 0.15) is 0 Å². The molecule has 3 heterocycles. The second-order valence-corrected chi connectivity index (χ2v) is 8.39. The molecule has 4 nitrogen and oxygen atoms in total. The third-order valence-electron chi connectivity index (χ3n) is 6.61. The fraction of sp³-hybridized carbons (Fsp3) is 0.714. The van der Waals surface area contributed by atoms with Crippen LogP contribution >= 0.6 is 0 Å². The Balaban J connectivity index is 1.67. The molecule has 2 fully saturated rings. The molecule has 0 amide bonds. The summed E-state index contributed by atoms with van der Waals surface area (Å²) in [5.74, 6) is -0.652. The van der Waals surface area contributed by atoms with Gasteiger partial charge in [0.05, 0.1) is 17.3 Å². The molecule has 2 aromatic rings. The second-order valence-electron chi connectivity index (χ2n) is 8.39. The molecule has 1 N–H and O–H groups in total. The summed E-state index contributed by atoms with van der Waals surface area (Å²) in [6.45, 7) is 6.20. The predicted octanol–water partition coefficient (Wildman–Crippen LogP) is 4.90. The van der Waals surface area contributed by atoms with Crippen molar-refractivity contribution >= 4 is 5.65 Å². The first-order valence-electron chi connectivity index (χ1n) is 10.5. The van der Waals surface area contributed by atoms with E-state index in [1.165, 1.54) is 11.3 Å². The number of rotatable bonds is 3. The quantitative estimate of drug-likeness (QED) is 0.805. The monoisotopic (exact) mass is 394 g/mol. The zero-order chi connectivity index (χ0) is 19.9. The fourth-order valence-electron chi connectivity index (χ4n) is 5.06.